The van der Waals surface area contributed by atoms with Gasteiger partial charge in [0.1, 0.15) is 11.5 Å². The summed E-state index contributed by atoms with van der Waals surface area (Å²) < 4.78 is 5.71. The quantitative estimate of drug-likeness (QED) is 0.814. The normalized spacial score (nSPS) is 22.2. The lowest BCUT2D eigenvalue weighted by atomic mass is 9.78. The number of aryl methyl sites for hydroxylation is 2. The molecular weight excluding hydrogens is 328 g/mol. The summed E-state index contributed by atoms with van der Waals surface area (Å²) in [5.41, 5.74) is 2.46. The highest BCUT2D eigenvalue weighted by molar-refractivity contribution is 5.90. The van der Waals surface area contributed by atoms with Gasteiger partial charge >= 0.3 is 11.9 Å². The van der Waals surface area contributed by atoms with E-state index < -0.39 is 23.5 Å². The fourth-order valence-electron chi connectivity index (χ4n) is 3.77. The molecule has 0 heterocycles. The maximum absolute atomic E-state index is 12.5. The third-order valence-corrected chi connectivity index (χ3v) is 5.27. The summed E-state index contributed by atoms with van der Waals surface area (Å²) in [6, 6.07) is 15.0. The molecule has 2 aromatic carbocycles. The molecule has 1 aliphatic rings. The van der Waals surface area contributed by atoms with Crippen LogP contribution in [0.15, 0.2) is 48.5 Å². The molecule has 136 valence electrons. The number of carboxylic acids is 1. The number of hydrogen-bond donors (Lipinski definition) is 1. The Balaban J connectivity index is 1.83. The lowest BCUT2D eigenvalue weighted by Crippen LogP contribution is -2.42. The highest BCUT2D eigenvalue weighted by Gasteiger charge is 2.51. The Bertz CT molecular complexity index is 809. The van der Waals surface area contributed by atoms with Crippen molar-refractivity contribution >= 4 is 11.9 Å². The zero-order valence-electron chi connectivity index (χ0n) is 15.2. The molecule has 0 spiro atoms. The molecule has 1 saturated carbocycles. The molecule has 26 heavy (non-hydrogen) atoms. The van der Waals surface area contributed by atoms with Crippen molar-refractivity contribution < 1.29 is 19.4 Å². The van der Waals surface area contributed by atoms with Crippen LogP contribution in [-0.4, -0.2) is 23.1 Å². The van der Waals surface area contributed by atoms with E-state index >= 15 is 0 Å². The molecule has 0 saturated heterocycles. The molecule has 0 aliphatic heterocycles. The fraction of sp³-hybridized carbons (Fsp3) is 0.364. The summed E-state index contributed by atoms with van der Waals surface area (Å²) in [5, 5.41) is 9.99. The van der Waals surface area contributed by atoms with E-state index in [0.29, 0.717) is 24.8 Å². The topological polar surface area (TPSA) is 63.6 Å². The van der Waals surface area contributed by atoms with Crippen molar-refractivity contribution in [3.63, 3.8) is 0 Å². The number of ether oxygens (including phenoxy) is 1. The van der Waals surface area contributed by atoms with Crippen molar-refractivity contribution in [3.05, 3.63) is 70.8 Å². The first-order valence-corrected chi connectivity index (χ1v) is 8.97. The van der Waals surface area contributed by atoms with Crippen molar-refractivity contribution in [1.29, 1.82) is 0 Å². The van der Waals surface area contributed by atoms with Gasteiger partial charge in [-0.1, -0.05) is 47.5 Å². The molecule has 3 rings (SSSR count). The van der Waals surface area contributed by atoms with E-state index in [4.69, 9.17) is 4.74 Å². The van der Waals surface area contributed by atoms with Crippen LogP contribution in [0.25, 0.3) is 0 Å². The standard InChI is InChI=1S/C22H24O4/c1-15-8-10-17(11-9-15)14-22(21(24)25)12-4-7-19(22)26-20(23)18-6-3-5-16(2)13-18/h3,5-6,8-11,13,19H,4,7,12,14H2,1-2H3,(H,24,25). The molecule has 2 atom stereocenters. The highest BCUT2D eigenvalue weighted by atomic mass is 16.5. The number of rotatable bonds is 5. The summed E-state index contributed by atoms with van der Waals surface area (Å²) in [6.45, 7) is 3.91. The summed E-state index contributed by atoms with van der Waals surface area (Å²) >= 11 is 0. The molecule has 1 N–H and O–H groups in total. The number of benzene rings is 2. The van der Waals surface area contributed by atoms with Crippen LogP contribution in [-0.2, 0) is 16.0 Å². The Labute approximate surface area is 153 Å². The third kappa shape index (κ3) is 3.64. The maximum atomic E-state index is 12.5. The van der Waals surface area contributed by atoms with Crippen LogP contribution in [0.5, 0.6) is 0 Å². The minimum absolute atomic E-state index is 0.369. The van der Waals surface area contributed by atoms with Crippen LogP contribution in [0.2, 0.25) is 0 Å². The van der Waals surface area contributed by atoms with E-state index in [1.807, 2.05) is 44.2 Å². The van der Waals surface area contributed by atoms with E-state index in [-0.39, 0.29) is 0 Å². The average Bonchev–Trinajstić information content (AvgIpc) is 3.00. The van der Waals surface area contributed by atoms with Gasteiger partial charge in [-0.3, -0.25) is 4.79 Å². The second kappa shape index (κ2) is 7.32. The van der Waals surface area contributed by atoms with Gasteiger partial charge in [-0.15, -0.1) is 0 Å². The Morgan fingerprint density at radius 2 is 1.85 bits per heavy atom. The number of hydrogen-bond acceptors (Lipinski definition) is 3. The lowest BCUT2D eigenvalue weighted by Gasteiger charge is -2.31. The van der Waals surface area contributed by atoms with Crippen molar-refractivity contribution in [2.75, 3.05) is 0 Å². The number of esters is 1. The second-order valence-electron chi connectivity index (χ2n) is 7.28. The zero-order chi connectivity index (χ0) is 18.7. The predicted octanol–water partition coefficient (Wildman–Crippen LogP) is 4.33. The van der Waals surface area contributed by atoms with Crippen molar-refractivity contribution in [2.45, 2.75) is 45.6 Å². The zero-order valence-corrected chi connectivity index (χ0v) is 15.2. The summed E-state index contributed by atoms with van der Waals surface area (Å²) in [7, 11) is 0. The third-order valence-electron chi connectivity index (χ3n) is 5.27. The number of aliphatic carboxylic acids is 1. The smallest absolute Gasteiger partial charge is 0.338 e. The van der Waals surface area contributed by atoms with Crippen LogP contribution in [0.4, 0.5) is 0 Å². The molecule has 2 unspecified atom stereocenters. The Morgan fingerprint density at radius 3 is 2.50 bits per heavy atom. The van der Waals surface area contributed by atoms with Gasteiger partial charge < -0.3 is 9.84 Å². The molecule has 4 nitrogen and oxygen atoms in total. The first-order valence-electron chi connectivity index (χ1n) is 8.97. The van der Waals surface area contributed by atoms with Crippen LogP contribution in [0.1, 0.15) is 46.3 Å². The van der Waals surface area contributed by atoms with Gasteiger partial charge in [-0.25, -0.2) is 4.79 Å². The largest absolute Gasteiger partial charge is 0.481 e. The van der Waals surface area contributed by atoms with Crippen LogP contribution >= 0.6 is 0 Å². The van der Waals surface area contributed by atoms with Gasteiger partial charge in [0, 0.05) is 0 Å². The number of carboxylic acid groups (broad SMARTS) is 1. The first kappa shape index (κ1) is 18.2. The Kier molecular flexibility index (Phi) is 5.12. The molecule has 0 amide bonds. The van der Waals surface area contributed by atoms with Crippen molar-refractivity contribution in [2.24, 2.45) is 5.41 Å². The molecule has 1 aliphatic carbocycles. The summed E-state index contributed by atoms with van der Waals surface area (Å²) in [4.78, 5) is 24.7. The number of carbonyl (C=O) groups is 2. The van der Waals surface area contributed by atoms with Gasteiger partial charge in [0.15, 0.2) is 0 Å². The SMILES string of the molecule is Cc1ccc(CC2(C(=O)O)CCCC2OC(=O)c2cccc(C)c2)cc1. The van der Waals surface area contributed by atoms with Gasteiger partial charge in [0.25, 0.3) is 0 Å². The average molecular weight is 352 g/mol. The molecule has 2 aromatic rings. The molecular formula is C22H24O4. The highest BCUT2D eigenvalue weighted by Crippen LogP contribution is 2.43. The summed E-state index contributed by atoms with van der Waals surface area (Å²) in [5.74, 6) is -1.34. The maximum Gasteiger partial charge on any atom is 0.338 e. The molecule has 0 bridgehead atoms. The summed E-state index contributed by atoms with van der Waals surface area (Å²) in [6.07, 6.45) is 1.59. The van der Waals surface area contributed by atoms with Gasteiger partial charge in [-0.2, -0.15) is 0 Å². The molecule has 0 aromatic heterocycles. The van der Waals surface area contributed by atoms with E-state index in [1.54, 1.807) is 18.2 Å². The fourth-order valence-corrected chi connectivity index (χ4v) is 3.77. The van der Waals surface area contributed by atoms with Gasteiger partial charge in [0.2, 0.25) is 0 Å². The second-order valence-corrected chi connectivity index (χ2v) is 7.28. The molecule has 1 fully saturated rings. The van der Waals surface area contributed by atoms with E-state index in [2.05, 4.69) is 0 Å². The monoisotopic (exact) mass is 352 g/mol. The predicted molar refractivity (Wildman–Crippen MR) is 99.2 cm³/mol. The van der Waals surface area contributed by atoms with Crippen molar-refractivity contribution in [1.82, 2.24) is 0 Å². The minimum Gasteiger partial charge on any atom is -0.481 e. The molecule has 0 radical (unpaired) electrons. The van der Waals surface area contributed by atoms with E-state index in [1.165, 1.54) is 0 Å². The Hall–Kier alpha value is -2.62. The van der Waals surface area contributed by atoms with E-state index in [0.717, 1.165) is 23.1 Å². The van der Waals surface area contributed by atoms with Crippen LogP contribution in [0.3, 0.4) is 0 Å². The number of carbonyl (C=O) groups excluding carboxylic acids is 1. The Morgan fingerprint density at radius 1 is 1.12 bits per heavy atom. The molecule has 4 heteroatoms. The van der Waals surface area contributed by atoms with Crippen LogP contribution in [0, 0.1) is 19.3 Å². The first-order chi connectivity index (χ1) is 12.4. The lowest BCUT2D eigenvalue weighted by molar-refractivity contribution is -0.154. The minimum atomic E-state index is -1.06. The van der Waals surface area contributed by atoms with Gasteiger partial charge in [-0.05, 0) is 57.2 Å². The van der Waals surface area contributed by atoms with Crippen molar-refractivity contribution in [3.8, 4) is 0 Å². The van der Waals surface area contributed by atoms with Gasteiger partial charge in [0.05, 0.1) is 5.56 Å². The van der Waals surface area contributed by atoms with E-state index in [9.17, 15) is 14.7 Å². The van der Waals surface area contributed by atoms with Crippen LogP contribution < -0.4 is 0 Å².